The first-order valence-electron chi connectivity index (χ1n) is 6.89. The maximum absolute atomic E-state index is 11.7. The van der Waals surface area contributed by atoms with Crippen LogP contribution in [0.1, 0.15) is 18.4 Å². The quantitative estimate of drug-likeness (QED) is 0.821. The lowest BCUT2D eigenvalue weighted by Crippen LogP contribution is -2.35. The van der Waals surface area contributed by atoms with Crippen LogP contribution in [0.2, 0.25) is 0 Å². The summed E-state index contributed by atoms with van der Waals surface area (Å²) in [5.74, 6) is -0.525. The normalized spacial score (nSPS) is 21.0. The van der Waals surface area contributed by atoms with E-state index in [4.69, 9.17) is 14.6 Å². The van der Waals surface area contributed by atoms with Gasteiger partial charge in [0.05, 0.1) is 6.10 Å². The van der Waals surface area contributed by atoms with Crippen LogP contribution in [-0.2, 0) is 14.3 Å². The number of carboxylic acid groups (broad SMARTS) is 1. The molecule has 1 aromatic carbocycles. The van der Waals surface area contributed by atoms with Crippen LogP contribution in [-0.4, -0.2) is 42.3 Å². The van der Waals surface area contributed by atoms with Gasteiger partial charge in [-0.3, -0.25) is 4.79 Å². The molecule has 0 aliphatic carbocycles. The average molecular weight is 293 g/mol. The number of hydrogen-bond acceptors (Lipinski definition) is 4. The second-order valence-corrected chi connectivity index (χ2v) is 5.02. The number of ether oxygens (including phenoxy) is 2. The van der Waals surface area contributed by atoms with Gasteiger partial charge in [-0.05, 0) is 31.4 Å². The SMILES string of the molecule is Cc1ccccc1OCC(=O)NCC1CCC(C(=O)O)O1. The Kier molecular flexibility index (Phi) is 5.16. The standard InChI is InChI=1S/C15H19NO5/c1-10-4-2-3-5-12(10)20-9-14(17)16-8-11-6-7-13(21-11)15(18)19/h2-5,11,13H,6-9H2,1H3,(H,16,17)(H,18,19). The van der Waals surface area contributed by atoms with Gasteiger partial charge in [-0.2, -0.15) is 0 Å². The average Bonchev–Trinajstić information content (AvgIpc) is 2.93. The summed E-state index contributed by atoms with van der Waals surface area (Å²) >= 11 is 0. The van der Waals surface area contributed by atoms with Crippen LogP contribution in [0.15, 0.2) is 24.3 Å². The Morgan fingerprint density at radius 1 is 1.38 bits per heavy atom. The van der Waals surface area contributed by atoms with Crippen molar-refractivity contribution in [3.05, 3.63) is 29.8 Å². The molecule has 1 saturated heterocycles. The first kappa shape index (κ1) is 15.3. The largest absolute Gasteiger partial charge is 0.484 e. The van der Waals surface area contributed by atoms with Gasteiger partial charge in [0.1, 0.15) is 5.75 Å². The van der Waals surface area contributed by atoms with Gasteiger partial charge in [-0.1, -0.05) is 18.2 Å². The molecule has 1 aliphatic rings. The van der Waals surface area contributed by atoms with Gasteiger partial charge in [0, 0.05) is 6.54 Å². The highest BCUT2D eigenvalue weighted by molar-refractivity contribution is 5.77. The van der Waals surface area contributed by atoms with Crippen LogP contribution in [0.3, 0.4) is 0 Å². The summed E-state index contributed by atoms with van der Waals surface area (Å²) in [5, 5.41) is 11.5. The Balaban J connectivity index is 1.69. The molecule has 6 nitrogen and oxygen atoms in total. The number of para-hydroxylation sites is 1. The summed E-state index contributed by atoms with van der Waals surface area (Å²) in [4.78, 5) is 22.4. The molecule has 0 saturated carbocycles. The van der Waals surface area contributed by atoms with Crippen molar-refractivity contribution in [2.24, 2.45) is 0 Å². The number of benzene rings is 1. The smallest absolute Gasteiger partial charge is 0.332 e. The van der Waals surface area contributed by atoms with E-state index in [0.29, 0.717) is 25.1 Å². The number of hydrogen-bond donors (Lipinski definition) is 2. The second kappa shape index (κ2) is 7.08. The first-order chi connectivity index (χ1) is 10.1. The minimum Gasteiger partial charge on any atom is -0.484 e. The van der Waals surface area contributed by atoms with E-state index in [1.54, 1.807) is 6.07 Å². The van der Waals surface area contributed by atoms with Crippen molar-refractivity contribution in [1.29, 1.82) is 0 Å². The number of carbonyl (C=O) groups is 2. The van der Waals surface area contributed by atoms with E-state index in [1.807, 2.05) is 25.1 Å². The van der Waals surface area contributed by atoms with Crippen molar-refractivity contribution in [2.75, 3.05) is 13.2 Å². The Labute approximate surface area is 123 Å². The zero-order valence-electron chi connectivity index (χ0n) is 11.9. The summed E-state index contributed by atoms with van der Waals surface area (Å²) in [7, 11) is 0. The molecular weight excluding hydrogens is 274 g/mol. The highest BCUT2D eigenvalue weighted by Gasteiger charge is 2.30. The van der Waals surface area contributed by atoms with Crippen LogP contribution in [0.4, 0.5) is 0 Å². The molecule has 1 amide bonds. The van der Waals surface area contributed by atoms with Gasteiger partial charge >= 0.3 is 5.97 Å². The van der Waals surface area contributed by atoms with Crippen LogP contribution >= 0.6 is 0 Å². The molecule has 114 valence electrons. The molecule has 2 atom stereocenters. The number of carboxylic acids is 1. The third-order valence-electron chi connectivity index (χ3n) is 3.36. The Morgan fingerprint density at radius 2 is 2.14 bits per heavy atom. The second-order valence-electron chi connectivity index (χ2n) is 5.02. The van der Waals surface area contributed by atoms with E-state index in [1.165, 1.54) is 0 Å². The number of nitrogens with one attached hydrogen (secondary N) is 1. The molecular formula is C15H19NO5. The highest BCUT2D eigenvalue weighted by atomic mass is 16.5. The van der Waals surface area contributed by atoms with Gasteiger partial charge in [0.25, 0.3) is 5.91 Å². The molecule has 2 N–H and O–H groups in total. The van der Waals surface area contributed by atoms with E-state index in [0.717, 1.165) is 5.56 Å². The summed E-state index contributed by atoms with van der Waals surface area (Å²) in [6.07, 6.45) is 0.120. The fourth-order valence-electron chi connectivity index (χ4n) is 2.18. The molecule has 0 radical (unpaired) electrons. The molecule has 0 bridgehead atoms. The highest BCUT2D eigenvalue weighted by Crippen LogP contribution is 2.19. The molecule has 2 rings (SSSR count). The lowest BCUT2D eigenvalue weighted by atomic mass is 10.2. The van der Waals surface area contributed by atoms with Crippen molar-refractivity contribution >= 4 is 11.9 Å². The van der Waals surface area contributed by atoms with E-state index in [2.05, 4.69) is 5.32 Å². The summed E-state index contributed by atoms with van der Waals surface area (Å²) in [6, 6.07) is 7.46. The molecule has 2 unspecified atom stereocenters. The monoisotopic (exact) mass is 293 g/mol. The summed E-state index contributed by atoms with van der Waals surface area (Å²) in [5.41, 5.74) is 0.966. The summed E-state index contributed by atoms with van der Waals surface area (Å²) in [6.45, 7) is 2.14. The predicted octanol–water partition coefficient (Wildman–Crippen LogP) is 1.12. The minimum absolute atomic E-state index is 0.0695. The van der Waals surface area contributed by atoms with Crippen LogP contribution in [0, 0.1) is 6.92 Å². The zero-order chi connectivity index (χ0) is 15.2. The number of aliphatic carboxylic acids is 1. The van der Waals surface area contributed by atoms with Crippen molar-refractivity contribution in [2.45, 2.75) is 32.0 Å². The van der Waals surface area contributed by atoms with Crippen LogP contribution in [0.5, 0.6) is 5.75 Å². The Morgan fingerprint density at radius 3 is 2.81 bits per heavy atom. The number of carbonyl (C=O) groups excluding carboxylic acids is 1. The molecule has 0 aromatic heterocycles. The van der Waals surface area contributed by atoms with Crippen molar-refractivity contribution in [3.63, 3.8) is 0 Å². The number of rotatable bonds is 6. The van der Waals surface area contributed by atoms with E-state index in [-0.39, 0.29) is 18.6 Å². The van der Waals surface area contributed by atoms with Crippen molar-refractivity contribution < 1.29 is 24.2 Å². The van der Waals surface area contributed by atoms with Crippen LogP contribution in [0.25, 0.3) is 0 Å². The lowest BCUT2D eigenvalue weighted by Gasteiger charge is -2.13. The molecule has 1 aliphatic heterocycles. The zero-order valence-corrected chi connectivity index (χ0v) is 11.9. The van der Waals surface area contributed by atoms with E-state index < -0.39 is 12.1 Å². The molecule has 1 fully saturated rings. The fraction of sp³-hybridized carbons (Fsp3) is 0.467. The van der Waals surface area contributed by atoms with Gasteiger partial charge in [-0.15, -0.1) is 0 Å². The van der Waals surface area contributed by atoms with Crippen LogP contribution < -0.4 is 10.1 Å². The van der Waals surface area contributed by atoms with Gasteiger partial charge in [-0.25, -0.2) is 4.79 Å². The van der Waals surface area contributed by atoms with E-state index >= 15 is 0 Å². The van der Waals surface area contributed by atoms with Gasteiger partial charge < -0.3 is 19.9 Å². The Hall–Kier alpha value is -2.08. The molecule has 1 aromatic rings. The maximum Gasteiger partial charge on any atom is 0.332 e. The number of amides is 1. The van der Waals surface area contributed by atoms with E-state index in [9.17, 15) is 9.59 Å². The third kappa shape index (κ3) is 4.46. The van der Waals surface area contributed by atoms with Gasteiger partial charge in [0.15, 0.2) is 12.7 Å². The van der Waals surface area contributed by atoms with Crippen molar-refractivity contribution in [3.8, 4) is 5.75 Å². The maximum atomic E-state index is 11.7. The molecule has 0 spiro atoms. The minimum atomic E-state index is -0.952. The molecule has 1 heterocycles. The topological polar surface area (TPSA) is 84.9 Å². The third-order valence-corrected chi connectivity index (χ3v) is 3.36. The molecule has 21 heavy (non-hydrogen) atoms. The first-order valence-corrected chi connectivity index (χ1v) is 6.89. The Bertz CT molecular complexity index is 517. The fourth-order valence-corrected chi connectivity index (χ4v) is 2.18. The predicted molar refractivity (Wildman–Crippen MR) is 75.2 cm³/mol. The number of aryl methyl sites for hydroxylation is 1. The molecule has 6 heteroatoms. The van der Waals surface area contributed by atoms with Crippen molar-refractivity contribution in [1.82, 2.24) is 5.32 Å². The van der Waals surface area contributed by atoms with Gasteiger partial charge in [0.2, 0.25) is 0 Å². The lowest BCUT2D eigenvalue weighted by molar-refractivity contribution is -0.149. The summed E-state index contributed by atoms with van der Waals surface area (Å²) < 4.78 is 10.7.